The molecule has 7 rings (SSSR count). The number of carboxylic acid groups (broad SMARTS) is 1. The molecular formula is C37H38N4O4. The Balaban J connectivity index is 1.50. The van der Waals surface area contributed by atoms with Crippen LogP contribution in [0.3, 0.4) is 0 Å². The van der Waals surface area contributed by atoms with Crippen LogP contribution in [0.15, 0.2) is 72.8 Å². The van der Waals surface area contributed by atoms with Crippen molar-refractivity contribution in [2.45, 2.75) is 58.7 Å². The molecule has 1 N–H and O–H groups in total. The van der Waals surface area contributed by atoms with E-state index in [4.69, 9.17) is 19.6 Å². The van der Waals surface area contributed by atoms with Crippen molar-refractivity contribution in [2.24, 2.45) is 0 Å². The monoisotopic (exact) mass is 602 g/mol. The van der Waals surface area contributed by atoms with Crippen molar-refractivity contribution in [3.05, 3.63) is 89.6 Å². The Morgan fingerprint density at radius 1 is 0.933 bits per heavy atom. The minimum Gasteiger partial charge on any atom is -0.490 e. The van der Waals surface area contributed by atoms with Crippen LogP contribution in [0.25, 0.3) is 39.3 Å². The predicted molar refractivity (Wildman–Crippen MR) is 176 cm³/mol. The Labute approximate surface area is 263 Å². The van der Waals surface area contributed by atoms with Crippen molar-refractivity contribution < 1.29 is 19.4 Å². The van der Waals surface area contributed by atoms with Gasteiger partial charge >= 0.3 is 5.97 Å². The van der Waals surface area contributed by atoms with Gasteiger partial charge in [-0.1, -0.05) is 42.5 Å². The smallest absolute Gasteiger partial charge is 0.337 e. The molecule has 8 nitrogen and oxygen atoms in total. The van der Waals surface area contributed by atoms with Gasteiger partial charge < -0.3 is 19.5 Å². The van der Waals surface area contributed by atoms with Gasteiger partial charge in [-0.05, 0) is 87.9 Å². The number of fused-ring (bicyclic) bond motifs is 9. The quantitative estimate of drug-likeness (QED) is 0.229. The van der Waals surface area contributed by atoms with Gasteiger partial charge in [-0.2, -0.15) is 5.10 Å². The van der Waals surface area contributed by atoms with E-state index in [0.29, 0.717) is 29.2 Å². The van der Waals surface area contributed by atoms with E-state index < -0.39 is 17.7 Å². The molecule has 8 bridgehead atoms. The van der Waals surface area contributed by atoms with Gasteiger partial charge in [0.25, 0.3) is 0 Å². The molecule has 5 aromatic rings. The number of aryl methyl sites for hydroxylation is 2. The lowest BCUT2D eigenvalue weighted by Crippen LogP contribution is -2.33. The van der Waals surface area contributed by atoms with Gasteiger partial charge in [0.1, 0.15) is 12.4 Å². The molecule has 2 aliphatic heterocycles. The third-order valence-corrected chi connectivity index (χ3v) is 8.54. The fraction of sp³-hybridized carbons (Fsp3) is 0.324. The number of ether oxygens (including phenoxy) is 2. The molecular weight excluding hydrogens is 564 g/mol. The van der Waals surface area contributed by atoms with Crippen LogP contribution < -0.4 is 9.64 Å². The van der Waals surface area contributed by atoms with Crippen molar-refractivity contribution in [3.63, 3.8) is 0 Å². The van der Waals surface area contributed by atoms with Crippen LogP contribution >= 0.6 is 0 Å². The summed E-state index contributed by atoms with van der Waals surface area (Å²) in [6.45, 7) is 9.75. The number of nitrogens with zero attached hydrogens (tertiary/aromatic N) is 4. The Hall–Kier alpha value is -4.69. The molecule has 2 aliphatic rings. The Morgan fingerprint density at radius 3 is 2.51 bits per heavy atom. The van der Waals surface area contributed by atoms with Crippen LogP contribution in [-0.4, -0.2) is 51.0 Å². The molecule has 0 saturated heterocycles. The number of rotatable bonds is 3. The summed E-state index contributed by atoms with van der Waals surface area (Å²) in [5.41, 5.74) is 8.83. The molecule has 0 amide bonds. The van der Waals surface area contributed by atoms with Crippen molar-refractivity contribution in [2.75, 3.05) is 24.6 Å². The molecule has 0 fully saturated rings. The van der Waals surface area contributed by atoms with Crippen LogP contribution in [0.5, 0.6) is 5.75 Å². The Kier molecular flexibility index (Phi) is 7.32. The number of aromatic nitrogens is 3. The number of hydrogen-bond donors (Lipinski definition) is 1. The zero-order valence-corrected chi connectivity index (χ0v) is 26.2. The van der Waals surface area contributed by atoms with Gasteiger partial charge in [-0.25, -0.2) is 14.3 Å². The topological polar surface area (TPSA) is 89.2 Å². The Morgan fingerprint density at radius 2 is 1.71 bits per heavy atom. The second kappa shape index (κ2) is 11.3. The first-order chi connectivity index (χ1) is 21.6. The molecule has 0 unspecified atom stereocenters. The van der Waals surface area contributed by atoms with Gasteiger partial charge in [0.05, 0.1) is 29.2 Å². The van der Waals surface area contributed by atoms with Crippen molar-refractivity contribution >= 4 is 17.3 Å². The number of benzene rings is 3. The normalized spacial score (nSPS) is 15.3. The van der Waals surface area contributed by atoms with Gasteiger partial charge in [0.15, 0.2) is 11.8 Å². The minimum atomic E-state index is -1.25. The van der Waals surface area contributed by atoms with Gasteiger partial charge in [0, 0.05) is 35.0 Å². The highest BCUT2D eigenvalue weighted by Gasteiger charge is 2.34. The summed E-state index contributed by atoms with van der Waals surface area (Å²) in [4.78, 5) is 20.1. The molecule has 3 aromatic carbocycles. The molecule has 0 saturated carbocycles. The van der Waals surface area contributed by atoms with E-state index >= 15 is 0 Å². The first-order valence-electron chi connectivity index (χ1n) is 15.7. The maximum Gasteiger partial charge on any atom is 0.337 e. The van der Waals surface area contributed by atoms with Gasteiger partial charge in [-0.15, -0.1) is 0 Å². The van der Waals surface area contributed by atoms with Crippen molar-refractivity contribution in [3.8, 4) is 39.4 Å². The fourth-order valence-corrected chi connectivity index (χ4v) is 6.50. The second-order valence-corrected chi connectivity index (χ2v) is 13.0. The third-order valence-electron chi connectivity index (χ3n) is 8.54. The fourth-order valence-electron chi connectivity index (χ4n) is 6.50. The minimum absolute atomic E-state index is 0.489. The summed E-state index contributed by atoms with van der Waals surface area (Å²) in [7, 11) is 0. The number of aliphatic carboxylic acids is 1. The van der Waals surface area contributed by atoms with Gasteiger partial charge in [-0.3, -0.25) is 0 Å². The largest absolute Gasteiger partial charge is 0.490 e. The molecule has 8 heteroatoms. The molecule has 0 aliphatic carbocycles. The number of carboxylic acids is 1. The van der Waals surface area contributed by atoms with Crippen LogP contribution in [0.2, 0.25) is 0 Å². The lowest BCUT2D eigenvalue weighted by Gasteiger charge is -2.32. The number of hydrogen-bond acceptors (Lipinski definition) is 6. The SMILES string of the molecule is Cc1nc2cc3nn2c(c1[C@H](OC(C)(C)C)C(=O)O)-c1ccc2c(c1)N(CCCCc1cccc(c1)-c1cccc-3c1)CCO2. The standard InChI is InChI=1S/C37H38N4O4/c1-23-33(35(36(42)43)45-37(2,3)4)34-28-14-15-31-30(21-28)40(17-18-44-31)16-6-5-9-24-10-7-11-25(19-24)26-12-8-13-27(20-26)29-22-32(38-23)41(34)39-29/h7-8,10-15,19-22,35H,5-6,9,16-18H2,1-4H3,(H,42,43)/t35-/m0/s1. The van der Waals surface area contributed by atoms with Crippen molar-refractivity contribution in [1.82, 2.24) is 14.6 Å². The summed E-state index contributed by atoms with van der Waals surface area (Å²) >= 11 is 0. The van der Waals surface area contributed by atoms with Crippen LogP contribution in [0.4, 0.5) is 5.69 Å². The number of anilines is 1. The van der Waals surface area contributed by atoms with E-state index in [2.05, 4.69) is 59.5 Å². The molecule has 2 aromatic heterocycles. The summed E-state index contributed by atoms with van der Waals surface area (Å²) in [5.74, 6) is -0.246. The lowest BCUT2D eigenvalue weighted by atomic mass is 9.98. The summed E-state index contributed by atoms with van der Waals surface area (Å²) in [5, 5.41) is 15.6. The number of carbonyl (C=O) groups is 1. The zero-order chi connectivity index (χ0) is 31.3. The highest BCUT2D eigenvalue weighted by atomic mass is 16.5. The molecule has 0 spiro atoms. The zero-order valence-electron chi connectivity index (χ0n) is 26.2. The summed E-state index contributed by atoms with van der Waals surface area (Å²) in [6, 6.07) is 25.3. The average molecular weight is 603 g/mol. The molecule has 0 radical (unpaired) electrons. The van der Waals surface area contributed by atoms with E-state index in [1.807, 2.05) is 45.9 Å². The molecule has 45 heavy (non-hydrogen) atoms. The van der Waals surface area contributed by atoms with E-state index in [1.54, 1.807) is 4.52 Å². The molecule has 1 atom stereocenters. The molecule has 4 heterocycles. The van der Waals surface area contributed by atoms with Crippen LogP contribution in [-0.2, 0) is 16.0 Å². The van der Waals surface area contributed by atoms with E-state index in [9.17, 15) is 9.90 Å². The van der Waals surface area contributed by atoms with Crippen LogP contribution in [0.1, 0.15) is 56.5 Å². The Bertz CT molecular complexity index is 1920. The maximum absolute atomic E-state index is 12.8. The van der Waals surface area contributed by atoms with Crippen LogP contribution in [0, 0.1) is 6.92 Å². The first-order valence-corrected chi connectivity index (χ1v) is 15.7. The third kappa shape index (κ3) is 5.66. The summed E-state index contributed by atoms with van der Waals surface area (Å²) in [6.07, 6.45) is 1.87. The first kappa shape index (κ1) is 29.0. The van der Waals surface area contributed by atoms with Gasteiger partial charge in [0.2, 0.25) is 0 Å². The van der Waals surface area contributed by atoms with E-state index in [0.717, 1.165) is 66.2 Å². The average Bonchev–Trinajstić information content (AvgIpc) is 3.44. The highest BCUT2D eigenvalue weighted by molar-refractivity contribution is 5.83. The van der Waals surface area contributed by atoms with E-state index in [-0.39, 0.29) is 0 Å². The second-order valence-electron chi connectivity index (χ2n) is 13.0. The summed E-state index contributed by atoms with van der Waals surface area (Å²) < 4.78 is 14.1. The van der Waals surface area contributed by atoms with E-state index in [1.165, 1.54) is 11.1 Å². The molecule has 230 valence electrons. The maximum atomic E-state index is 12.8. The lowest BCUT2D eigenvalue weighted by molar-refractivity contribution is -0.160. The van der Waals surface area contributed by atoms with Crippen molar-refractivity contribution in [1.29, 1.82) is 0 Å². The predicted octanol–water partition coefficient (Wildman–Crippen LogP) is 7.51. The highest BCUT2D eigenvalue weighted by Crippen LogP contribution is 2.41.